The third kappa shape index (κ3) is 3.32. The molecule has 1 saturated carbocycles. The Morgan fingerprint density at radius 1 is 1.45 bits per heavy atom. The van der Waals surface area contributed by atoms with Gasteiger partial charge < -0.3 is 5.73 Å². The molecule has 4 nitrogen and oxygen atoms in total. The average Bonchev–Trinajstić information content (AvgIpc) is 2.77. The van der Waals surface area contributed by atoms with Crippen LogP contribution in [0.2, 0.25) is 0 Å². The lowest BCUT2D eigenvalue weighted by Crippen LogP contribution is -2.31. The van der Waals surface area contributed by atoms with E-state index in [-0.39, 0.29) is 5.69 Å². The fraction of sp³-hybridized carbons (Fsp3) is 0.538. The maximum atomic E-state index is 13.8. The Hall–Kier alpha value is -0.660. The van der Waals surface area contributed by atoms with Gasteiger partial charge in [0.2, 0.25) is 10.0 Å². The zero-order valence-electron chi connectivity index (χ0n) is 11.2. The highest BCUT2D eigenvalue weighted by molar-refractivity contribution is 9.10. The van der Waals surface area contributed by atoms with Gasteiger partial charge in [0.15, 0.2) is 0 Å². The van der Waals surface area contributed by atoms with Crippen LogP contribution in [0, 0.1) is 17.7 Å². The predicted molar refractivity (Wildman–Crippen MR) is 80.2 cm³/mol. The number of hydrogen-bond donors (Lipinski definition) is 2. The van der Waals surface area contributed by atoms with Gasteiger partial charge in [0.05, 0.1) is 0 Å². The monoisotopic (exact) mass is 364 g/mol. The minimum Gasteiger partial charge on any atom is -0.398 e. The zero-order chi connectivity index (χ0) is 14.9. The molecule has 1 aliphatic carbocycles. The Bertz CT molecular complexity index is 607. The Labute approximate surface area is 127 Å². The standard InChI is InChI=1S/C13H18BrFN2O2S/c1-8-3-2-4-9(8)7-17-20(18,19)13-6-12(16)10(14)5-11(13)15/h5-6,8-9,17H,2-4,7,16H2,1H3. The van der Waals surface area contributed by atoms with E-state index in [4.69, 9.17) is 5.73 Å². The van der Waals surface area contributed by atoms with E-state index < -0.39 is 20.7 Å². The highest BCUT2D eigenvalue weighted by Crippen LogP contribution is 2.31. The van der Waals surface area contributed by atoms with E-state index in [9.17, 15) is 12.8 Å². The predicted octanol–water partition coefficient (Wildman–Crippen LogP) is 2.88. The van der Waals surface area contributed by atoms with E-state index in [1.165, 1.54) is 0 Å². The topological polar surface area (TPSA) is 72.2 Å². The van der Waals surface area contributed by atoms with Gasteiger partial charge in [-0.1, -0.05) is 19.8 Å². The van der Waals surface area contributed by atoms with Crippen LogP contribution < -0.4 is 10.5 Å². The summed E-state index contributed by atoms with van der Waals surface area (Å²) in [5.74, 6) is 0.0104. The molecule has 0 aliphatic heterocycles. The van der Waals surface area contributed by atoms with Gasteiger partial charge in [-0.05, 0) is 46.3 Å². The number of nitrogens with two attached hydrogens (primary N) is 1. The normalized spacial score (nSPS) is 23.1. The first kappa shape index (κ1) is 15.7. The van der Waals surface area contributed by atoms with E-state index in [2.05, 4.69) is 27.6 Å². The van der Waals surface area contributed by atoms with Gasteiger partial charge in [-0.3, -0.25) is 0 Å². The maximum absolute atomic E-state index is 13.8. The highest BCUT2D eigenvalue weighted by atomic mass is 79.9. The Balaban J connectivity index is 2.16. The SMILES string of the molecule is CC1CCCC1CNS(=O)(=O)c1cc(N)c(Br)cc1F. The van der Waals surface area contributed by atoms with Crippen molar-refractivity contribution in [3.63, 3.8) is 0 Å². The Morgan fingerprint density at radius 3 is 2.75 bits per heavy atom. The van der Waals surface area contributed by atoms with E-state index in [0.717, 1.165) is 31.4 Å². The number of nitrogens with one attached hydrogen (secondary N) is 1. The van der Waals surface area contributed by atoms with Gasteiger partial charge in [0, 0.05) is 16.7 Å². The maximum Gasteiger partial charge on any atom is 0.243 e. The molecule has 0 saturated heterocycles. The molecule has 3 N–H and O–H groups in total. The van der Waals surface area contributed by atoms with Crippen molar-refractivity contribution < 1.29 is 12.8 Å². The molecule has 0 aromatic heterocycles. The molecule has 2 rings (SSSR count). The molecule has 2 atom stereocenters. The molecule has 0 bridgehead atoms. The summed E-state index contributed by atoms with van der Waals surface area (Å²) in [5, 5.41) is 0. The van der Waals surface area contributed by atoms with Crippen LogP contribution in [0.1, 0.15) is 26.2 Å². The number of anilines is 1. The van der Waals surface area contributed by atoms with Crippen LogP contribution in [0.5, 0.6) is 0 Å². The largest absolute Gasteiger partial charge is 0.398 e. The minimum absolute atomic E-state index is 0.195. The molecule has 1 fully saturated rings. The molecule has 1 aromatic rings. The van der Waals surface area contributed by atoms with Crippen molar-refractivity contribution in [3.8, 4) is 0 Å². The van der Waals surface area contributed by atoms with Crippen molar-refractivity contribution in [2.24, 2.45) is 11.8 Å². The lowest BCUT2D eigenvalue weighted by Gasteiger charge is -2.16. The smallest absolute Gasteiger partial charge is 0.243 e. The van der Waals surface area contributed by atoms with Crippen molar-refractivity contribution in [3.05, 3.63) is 22.4 Å². The second-order valence-electron chi connectivity index (χ2n) is 5.32. The quantitative estimate of drug-likeness (QED) is 0.806. The number of hydrogen-bond acceptors (Lipinski definition) is 3. The molecule has 0 radical (unpaired) electrons. The van der Waals surface area contributed by atoms with E-state index in [1.807, 2.05) is 0 Å². The van der Waals surface area contributed by atoms with Gasteiger partial charge in [0.25, 0.3) is 0 Å². The van der Waals surface area contributed by atoms with E-state index >= 15 is 0 Å². The average molecular weight is 365 g/mol. The summed E-state index contributed by atoms with van der Waals surface area (Å²) in [4.78, 5) is -0.399. The van der Waals surface area contributed by atoms with Crippen LogP contribution in [0.25, 0.3) is 0 Å². The second-order valence-corrected chi connectivity index (χ2v) is 7.91. The van der Waals surface area contributed by atoms with E-state index in [1.54, 1.807) is 0 Å². The van der Waals surface area contributed by atoms with Crippen molar-refractivity contribution in [1.82, 2.24) is 4.72 Å². The number of nitrogen functional groups attached to an aromatic ring is 1. The molecule has 0 amide bonds. The Morgan fingerprint density at radius 2 is 2.15 bits per heavy atom. The summed E-state index contributed by atoms with van der Waals surface area (Å²) >= 11 is 3.07. The molecular weight excluding hydrogens is 347 g/mol. The summed E-state index contributed by atoms with van der Waals surface area (Å²) in [6.07, 6.45) is 3.24. The molecule has 0 spiro atoms. The third-order valence-electron chi connectivity index (χ3n) is 3.92. The van der Waals surface area contributed by atoms with Crippen LogP contribution in [0.3, 0.4) is 0 Å². The third-order valence-corrected chi connectivity index (χ3v) is 6.04. The first-order valence-corrected chi connectivity index (χ1v) is 8.83. The molecule has 112 valence electrons. The van der Waals surface area contributed by atoms with Gasteiger partial charge in [-0.2, -0.15) is 0 Å². The van der Waals surface area contributed by atoms with Crippen LogP contribution in [0.4, 0.5) is 10.1 Å². The van der Waals surface area contributed by atoms with Crippen molar-refractivity contribution >= 4 is 31.6 Å². The van der Waals surface area contributed by atoms with Gasteiger partial charge in [0.1, 0.15) is 10.7 Å². The molecule has 7 heteroatoms. The summed E-state index contributed by atoms with van der Waals surface area (Å²) < 4.78 is 41.0. The van der Waals surface area contributed by atoms with Crippen LogP contribution >= 0.6 is 15.9 Å². The van der Waals surface area contributed by atoms with E-state index in [0.29, 0.717) is 22.9 Å². The van der Waals surface area contributed by atoms with Crippen molar-refractivity contribution in [2.75, 3.05) is 12.3 Å². The number of benzene rings is 1. The van der Waals surface area contributed by atoms with Crippen LogP contribution in [0.15, 0.2) is 21.5 Å². The first-order chi connectivity index (χ1) is 9.31. The van der Waals surface area contributed by atoms with Crippen molar-refractivity contribution in [1.29, 1.82) is 0 Å². The van der Waals surface area contributed by atoms with Crippen LogP contribution in [-0.2, 0) is 10.0 Å². The molecule has 0 heterocycles. The lowest BCUT2D eigenvalue weighted by molar-refractivity contribution is 0.414. The number of sulfonamides is 1. The molecule has 20 heavy (non-hydrogen) atoms. The number of rotatable bonds is 4. The van der Waals surface area contributed by atoms with Gasteiger partial charge in [-0.25, -0.2) is 17.5 Å². The fourth-order valence-corrected chi connectivity index (χ4v) is 4.07. The molecular formula is C13H18BrFN2O2S. The first-order valence-electron chi connectivity index (χ1n) is 6.55. The Kier molecular flexibility index (Phi) is 4.71. The fourth-order valence-electron chi connectivity index (χ4n) is 2.57. The summed E-state index contributed by atoms with van der Waals surface area (Å²) in [5.41, 5.74) is 5.82. The second kappa shape index (κ2) is 5.99. The molecule has 2 unspecified atom stereocenters. The van der Waals surface area contributed by atoms with Crippen LogP contribution in [-0.4, -0.2) is 15.0 Å². The highest BCUT2D eigenvalue weighted by Gasteiger charge is 2.26. The lowest BCUT2D eigenvalue weighted by atomic mass is 9.99. The summed E-state index contributed by atoms with van der Waals surface area (Å²) in [6.45, 7) is 2.46. The van der Waals surface area contributed by atoms with Gasteiger partial charge in [-0.15, -0.1) is 0 Å². The number of halogens is 2. The molecule has 1 aliphatic rings. The summed E-state index contributed by atoms with van der Waals surface area (Å²) in [7, 11) is -3.87. The zero-order valence-corrected chi connectivity index (χ0v) is 13.6. The minimum atomic E-state index is -3.87. The summed E-state index contributed by atoms with van der Waals surface area (Å²) in [6, 6.07) is 2.21. The van der Waals surface area contributed by atoms with Crippen molar-refractivity contribution in [2.45, 2.75) is 31.1 Å². The molecule has 1 aromatic carbocycles. The van der Waals surface area contributed by atoms with Gasteiger partial charge >= 0.3 is 0 Å².